The van der Waals surface area contributed by atoms with E-state index in [1.54, 1.807) is 6.07 Å². The van der Waals surface area contributed by atoms with Crippen LogP contribution in [0.5, 0.6) is 0 Å². The molecule has 3 rings (SSSR count). The van der Waals surface area contributed by atoms with Crippen molar-refractivity contribution in [1.82, 2.24) is 0 Å². The van der Waals surface area contributed by atoms with Gasteiger partial charge >= 0.3 is 0 Å². The molecule has 0 saturated carbocycles. The van der Waals surface area contributed by atoms with E-state index in [4.69, 9.17) is 16.3 Å². The molecule has 24 heavy (non-hydrogen) atoms. The molecule has 4 nitrogen and oxygen atoms in total. The molecule has 1 aliphatic heterocycles. The lowest BCUT2D eigenvalue weighted by atomic mass is 10.1. The number of carbonyl (C=O) groups is 1. The maximum atomic E-state index is 13.8. The van der Waals surface area contributed by atoms with Crippen molar-refractivity contribution in [1.29, 1.82) is 0 Å². The van der Waals surface area contributed by atoms with Gasteiger partial charge in [-0.05, 0) is 24.3 Å². The third-order valence-corrected chi connectivity index (χ3v) is 4.28. The summed E-state index contributed by atoms with van der Waals surface area (Å²) in [5.74, 6) is -0.776. The van der Waals surface area contributed by atoms with Gasteiger partial charge in [0.25, 0.3) is 0 Å². The van der Waals surface area contributed by atoms with Crippen LogP contribution in [0, 0.1) is 5.82 Å². The summed E-state index contributed by atoms with van der Waals surface area (Å²) in [5, 5.41) is 3.12. The normalized spacial score (nSPS) is 14.5. The molecule has 1 amide bonds. The Labute approximate surface area is 145 Å². The number of nitrogens with one attached hydrogen (secondary N) is 1. The highest BCUT2D eigenvalue weighted by molar-refractivity contribution is 6.31. The SMILES string of the molecule is O=C(Cc1c(F)cccc1Cl)Nc1ccccc1N1CCOCC1. The van der Waals surface area contributed by atoms with Crippen LogP contribution in [-0.4, -0.2) is 32.2 Å². The first-order valence-electron chi connectivity index (χ1n) is 7.79. The van der Waals surface area contributed by atoms with Crippen molar-refractivity contribution in [2.24, 2.45) is 0 Å². The third-order valence-electron chi connectivity index (χ3n) is 3.93. The van der Waals surface area contributed by atoms with Gasteiger partial charge in [-0.3, -0.25) is 4.79 Å². The smallest absolute Gasteiger partial charge is 0.229 e. The van der Waals surface area contributed by atoms with Gasteiger partial charge in [-0.25, -0.2) is 4.39 Å². The molecule has 0 aromatic heterocycles. The van der Waals surface area contributed by atoms with Crippen molar-refractivity contribution >= 4 is 28.9 Å². The molecule has 1 N–H and O–H groups in total. The zero-order chi connectivity index (χ0) is 16.9. The lowest BCUT2D eigenvalue weighted by Crippen LogP contribution is -2.36. The highest BCUT2D eigenvalue weighted by Crippen LogP contribution is 2.27. The second-order valence-electron chi connectivity index (χ2n) is 5.54. The van der Waals surface area contributed by atoms with Crippen molar-refractivity contribution in [3.8, 4) is 0 Å². The number of amides is 1. The number of para-hydroxylation sites is 2. The van der Waals surface area contributed by atoms with E-state index >= 15 is 0 Å². The van der Waals surface area contributed by atoms with Crippen molar-refractivity contribution in [2.45, 2.75) is 6.42 Å². The van der Waals surface area contributed by atoms with E-state index in [9.17, 15) is 9.18 Å². The molecule has 2 aromatic rings. The molecule has 2 aromatic carbocycles. The average Bonchev–Trinajstić information content (AvgIpc) is 2.60. The first-order valence-corrected chi connectivity index (χ1v) is 8.17. The number of halogens is 2. The predicted octanol–water partition coefficient (Wildman–Crippen LogP) is 3.50. The van der Waals surface area contributed by atoms with Crippen LogP contribution in [0.1, 0.15) is 5.56 Å². The van der Waals surface area contributed by atoms with Crippen LogP contribution >= 0.6 is 11.6 Å². The summed E-state index contributed by atoms with van der Waals surface area (Å²) in [7, 11) is 0. The average molecular weight is 349 g/mol. The summed E-state index contributed by atoms with van der Waals surface area (Å²) in [6.45, 7) is 2.86. The fourth-order valence-electron chi connectivity index (χ4n) is 2.72. The maximum Gasteiger partial charge on any atom is 0.229 e. The molecule has 6 heteroatoms. The zero-order valence-corrected chi connectivity index (χ0v) is 13.9. The fourth-order valence-corrected chi connectivity index (χ4v) is 2.95. The highest BCUT2D eigenvalue weighted by Gasteiger charge is 2.17. The highest BCUT2D eigenvalue weighted by atomic mass is 35.5. The predicted molar refractivity (Wildman–Crippen MR) is 93.2 cm³/mol. The summed E-state index contributed by atoms with van der Waals surface area (Å²) in [6.07, 6.45) is -0.108. The standard InChI is InChI=1S/C18H18ClFN2O2/c19-14-4-3-5-15(20)13(14)12-18(23)21-16-6-1-2-7-17(16)22-8-10-24-11-9-22/h1-7H,8-12H2,(H,21,23). The molecule has 0 unspecified atom stereocenters. The minimum Gasteiger partial charge on any atom is -0.378 e. The van der Waals surface area contributed by atoms with Crippen LogP contribution < -0.4 is 10.2 Å². The molecule has 1 fully saturated rings. The summed E-state index contributed by atoms with van der Waals surface area (Å²) in [4.78, 5) is 14.5. The molecule has 1 saturated heterocycles. The van der Waals surface area contributed by atoms with Gasteiger partial charge in [-0.2, -0.15) is 0 Å². The Bertz CT molecular complexity index is 712. The number of hydrogen-bond acceptors (Lipinski definition) is 3. The summed E-state index contributed by atoms with van der Waals surface area (Å²) >= 11 is 5.99. The van der Waals surface area contributed by atoms with E-state index in [0.717, 1.165) is 18.8 Å². The van der Waals surface area contributed by atoms with Crippen LogP contribution in [0.2, 0.25) is 5.02 Å². The van der Waals surface area contributed by atoms with Crippen molar-refractivity contribution < 1.29 is 13.9 Å². The van der Waals surface area contributed by atoms with Crippen LogP contribution in [0.15, 0.2) is 42.5 Å². The molecule has 1 aliphatic rings. The van der Waals surface area contributed by atoms with Gasteiger partial charge in [0.05, 0.1) is 31.0 Å². The van der Waals surface area contributed by atoms with E-state index in [2.05, 4.69) is 10.2 Å². The number of nitrogens with zero attached hydrogens (tertiary/aromatic N) is 1. The molecular formula is C18H18ClFN2O2. The zero-order valence-electron chi connectivity index (χ0n) is 13.1. The lowest BCUT2D eigenvalue weighted by molar-refractivity contribution is -0.115. The Kier molecular flexibility index (Phi) is 5.33. The van der Waals surface area contributed by atoms with Gasteiger partial charge in [-0.1, -0.05) is 29.8 Å². The van der Waals surface area contributed by atoms with Crippen molar-refractivity contribution in [2.75, 3.05) is 36.5 Å². The second-order valence-corrected chi connectivity index (χ2v) is 5.95. The van der Waals surface area contributed by atoms with Crippen molar-refractivity contribution in [3.63, 3.8) is 0 Å². The Balaban J connectivity index is 1.75. The molecule has 126 valence electrons. The minimum absolute atomic E-state index is 0.108. The van der Waals surface area contributed by atoms with Crippen LogP contribution in [-0.2, 0) is 16.0 Å². The third kappa shape index (κ3) is 3.86. The second kappa shape index (κ2) is 7.64. The number of morpholine rings is 1. The van der Waals surface area contributed by atoms with Gasteiger partial charge in [0.2, 0.25) is 5.91 Å². The number of benzene rings is 2. The number of carbonyl (C=O) groups excluding carboxylic acids is 1. The Morgan fingerprint density at radius 3 is 2.67 bits per heavy atom. The van der Waals surface area contributed by atoms with E-state index in [-0.39, 0.29) is 22.9 Å². The Morgan fingerprint density at radius 1 is 1.17 bits per heavy atom. The molecular weight excluding hydrogens is 331 g/mol. The molecule has 0 atom stereocenters. The lowest BCUT2D eigenvalue weighted by Gasteiger charge is -2.30. The van der Waals surface area contributed by atoms with Crippen molar-refractivity contribution in [3.05, 3.63) is 58.9 Å². The molecule has 0 bridgehead atoms. The molecule has 0 radical (unpaired) electrons. The molecule has 0 aliphatic carbocycles. The van der Waals surface area contributed by atoms with Gasteiger partial charge in [0.1, 0.15) is 5.82 Å². The first-order chi connectivity index (χ1) is 11.6. The summed E-state index contributed by atoms with van der Waals surface area (Å²) < 4.78 is 19.2. The number of rotatable bonds is 4. The molecule has 1 heterocycles. The van der Waals surface area contributed by atoms with Gasteiger partial charge < -0.3 is 15.0 Å². The summed E-state index contributed by atoms with van der Waals surface area (Å²) in [6, 6.07) is 12.0. The largest absolute Gasteiger partial charge is 0.378 e. The Morgan fingerprint density at radius 2 is 1.92 bits per heavy atom. The van der Waals surface area contributed by atoms with Gasteiger partial charge in [-0.15, -0.1) is 0 Å². The van der Waals surface area contributed by atoms with Crippen LogP contribution in [0.25, 0.3) is 0 Å². The maximum absolute atomic E-state index is 13.8. The quantitative estimate of drug-likeness (QED) is 0.919. The number of ether oxygens (including phenoxy) is 1. The topological polar surface area (TPSA) is 41.6 Å². The minimum atomic E-state index is -0.473. The molecule has 0 spiro atoms. The summed E-state index contributed by atoms with van der Waals surface area (Å²) in [5.41, 5.74) is 1.85. The van der Waals surface area contributed by atoms with E-state index < -0.39 is 5.82 Å². The van der Waals surface area contributed by atoms with Crippen LogP contribution in [0.4, 0.5) is 15.8 Å². The van der Waals surface area contributed by atoms with E-state index in [0.29, 0.717) is 18.9 Å². The van der Waals surface area contributed by atoms with Gasteiger partial charge in [0, 0.05) is 23.7 Å². The number of anilines is 2. The monoisotopic (exact) mass is 348 g/mol. The van der Waals surface area contributed by atoms with E-state index in [1.165, 1.54) is 12.1 Å². The number of hydrogen-bond donors (Lipinski definition) is 1. The Hall–Kier alpha value is -2.11. The fraction of sp³-hybridized carbons (Fsp3) is 0.278. The van der Waals surface area contributed by atoms with Crippen LogP contribution in [0.3, 0.4) is 0 Å². The van der Waals surface area contributed by atoms with E-state index in [1.807, 2.05) is 24.3 Å². The van der Waals surface area contributed by atoms with Gasteiger partial charge in [0.15, 0.2) is 0 Å². The first kappa shape index (κ1) is 16.7.